The lowest BCUT2D eigenvalue weighted by Crippen LogP contribution is -2.41. The Labute approximate surface area is 157 Å². The third kappa shape index (κ3) is 4.27. The van der Waals surface area contributed by atoms with E-state index in [1.165, 1.54) is 7.11 Å². The Kier molecular flexibility index (Phi) is 5.73. The first kappa shape index (κ1) is 18.9. The van der Waals surface area contributed by atoms with Crippen molar-refractivity contribution < 1.29 is 18.8 Å². The van der Waals surface area contributed by atoms with Gasteiger partial charge in [0.2, 0.25) is 5.89 Å². The van der Waals surface area contributed by atoms with E-state index in [1.54, 1.807) is 29.2 Å². The quantitative estimate of drug-likeness (QED) is 0.821. The molecule has 1 saturated heterocycles. The number of piperidine rings is 1. The molecule has 2 aromatic rings. The van der Waals surface area contributed by atoms with Gasteiger partial charge in [0, 0.05) is 18.2 Å². The highest BCUT2D eigenvalue weighted by Gasteiger charge is 2.32. The van der Waals surface area contributed by atoms with E-state index in [-0.39, 0.29) is 18.0 Å². The molecule has 1 fully saturated rings. The van der Waals surface area contributed by atoms with Gasteiger partial charge in [0.05, 0.1) is 12.7 Å². The highest BCUT2D eigenvalue weighted by atomic mass is 16.5. The summed E-state index contributed by atoms with van der Waals surface area (Å²) < 4.78 is 10.1. The van der Waals surface area contributed by atoms with Crippen molar-refractivity contribution in [1.82, 2.24) is 15.0 Å². The van der Waals surface area contributed by atoms with E-state index in [9.17, 15) is 9.59 Å². The second-order valence-electron chi connectivity index (χ2n) is 6.85. The first-order valence-corrected chi connectivity index (χ1v) is 9.09. The standard InChI is InChI=1S/C19H24N4O4/c1-12(2)16-21-17(27-22-16)15-9-4-5-10-23(15)19(25)20-14-8-6-7-13(11-14)18(24)26-3/h6-8,11-12,15H,4-5,9-10H2,1-3H3,(H,20,25). The molecule has 0 bridgehead atoms. The number of aromatic nitrogens is 2. The van der Waals surface area contributed by atoms with Crippen LogP contribution in [0.1, 0.15) is 67.1 Å². The molecule has 8 nitrogen and oxygen atoms in total. The molecule has 1 aliphatic heterocycles. The molecule has 0 aliphatic carbocycles. The van der Waals surface area contributed by atoms with E-state index in [2.05, 4.69) is 15.5 Å². The second kappa shape index (κ2) is 8.20. The maximum Gasteiger partial charge on any atom is 0.337 e. The van der Waals surface area contributed by atoms with E-state index < -0.39 is 5.97 Å². The highest BCUT2D eigenvalue weighted by Crippen LogP contribution is 2.31. The smallest absolute Gasteiger partial charge is 0.337 e. The van der Waals surface area contributed by atoms with Crippen LogP contribution in [-0.4, -0.2) is 40.7 Å². The number of amides is 2. The van der Waals surface area contributed by atoms with Gasteiger partial charge in [0.15, 0.2) is 5.82 Å². The number of likely N-dealkylation sites (tertiary alicyclic amines) is 1. The monoisotopic (exact) mass is 372 g/mol. The van der Waals surface area contributed by atoms with Crippen LogP contribution in [0.3, 0.4) is 0 Å². The zero-order chi connectivity index (χ0) is 19.4. The Bertz CT molecular complexity index is 818. The maximum atomic E-state index is 12.9. The third-order valence-electron chi connectivity index (χ3n) is 4.56. The number of hydrogen-bond donors (Lipinski definition) is 1. The predicted octanol–water partition coefficient (Wildman–Crippen LogP) is 3.74. The molecule has 27 heavy (non-hydrogen) atoms. The van der Waals surface area contributed by atoms with Crippen molar-refractivity contribution >= 4 is 17.7 Å². The average molecular weight is 372 g/mol. The van der Waals surface area contributed by atoms with Crippen LogP contribution in [0, 0.1) is 0 Å². The molecule has 2 amide bonds. The zero-order valence-corrected chi connectivity index (χ0v) is 15.8. The first-order chi connectivity index (χ1) is 13.0. The molecule has 0 saturated carbocycles. The van der Waals surface area contributed by atoms with E-state index >= 15 is 0 Å². The summed E-state index contributed by atoms with van der Waals surface area (Å²) in [5, 5.41) is 6.86. The Morgan fingerprint density at radius 1 is 1.33 bits per heavy atom. The van der Waals surface area contributed by atoms with Gasteiger partial charge in [-0.15, -0.1) is 0 Å². The number of carbonyl (C=O) groups excluding carboxylic acids is 2. The van der Waals surface area contributed by atoms with Crippen LogP contribution < -0.4 is 5.32 Å². The number of ether oxygens (including phenoxy) is 1. The molecule has 2 heterocycles. The average Bonchev–Trinajstić information content (AvgIpc) is 3.18. The molecular weight excluding hydrogens is 348 g/mol. The highest BCUT2D eigenvalue weighted by molar-refractivity contribution is 5.94. The summed E-state index contributed by atoms with van der Waals surface area (Å²) in [7, 11) is 1.32. The van der Waals surface area contributed by atoms with Crippen molar-refractivity contribution in [2.24, 2.45) is 0 Å². The number of rotatable bonds is 4. The van der Waals surface area contributed by atoms with E-state index in [1.807, 2.05) is 13.8 Å². The van der Waals surface area contributed by atoms with Crippen LogP contribution in [0.15, 0.2) is 28.8 Å². The number of nitrogens with one attached hydrogen (secondary N) is 1. The Morgan fingerprint density at radius 2 is 2.15 bits per heavy atom. The molecule has 1 aliphatic rings. The van der Waals surface area contributed by atoms with Crippen molar-refractivity contribution in [3.63, 3.8) is 0 Å². The molecule has 1 unspecified atom stereocenters. The Balaban J connectivity index is 1.76. The summed E-state index contributed by atoms with van der Waals surface area (Å²) in [4.78, 5) is 30.7. The van der Waals surface area contributed by atoms with Crippen LogP contribution in [0.25, 0.3) is 0 Å². The van der Waals surface area contributed by atoms with Gasteiger partial charge in [-0.3, -0.25) is 0 Å². The molecule has 144 valence electrons. The van der Waals surface area contributed by atoms with Crippen molar-refractivity contribution in [3.8, 4) is 0 Å². The predicted molar refractivity (Wildman–Crippen MR) is 98.5 cm³/mol. The van der Waals surface area contributed by atoms with Crippen LogP contribution in [0.2, 0.25) is 0 Å². The van der Waals surface area contributed by atoms with Gasteiger partial charge in [-0.05, 0) is 37.5 Å². The molecule has 3 rings (SSSR count). The van der Waals surface area contributed by atoms with Gasteiger partial charge < -0.3 is 19.5 Å². The molecule has 1 atom stereocenters. The van der Waals surface area contributed by atoms with E-state index in [0.717, 1.165) is 19.3 Å². The minimum absolute atomic E-state index is 0.162. The number of anilines is 1. The number of carbonyl (C=O) groups is 2. The van der Waals surface area contributed by atoms with Gasteiger partial charge in [-0.25, -0.2) is 9.59 Å². The summed E-state index contributed by atoms with van der Waals surface area (Å²) in [5.41, 5.74) is 0.907. The van der Waals surface area contributed by atoms with Crippen molar-refractivity contribution in [1.29, 1.82) is 0 Å². The van der Waals surface area contributed by atoms with Gasteiger partial charge in [-0.2, -0.15) is 4.98 Å². The molecular formula is C19H24N4O4. The van der Waals surface area contributed by atoms with Crippen molar-refractivity contribution in [2.75, 3.05) is 19.0 Å². The van der Waals surface area contributed by atoms with Crippen LogP contribution in [0.4, 0.5) is 10.5 Å². The normalized spacial score (nSPS) is 17.0. The summed E-state index contributed by atoms with van der Waals surface area (Å²) in [6.45, 7) is 4.59. The van der Waals surface area contributed by atoms with E-state index in [0.29, 0.717) is 29.5 Å². The molecule has 1 aromatic heterocycles. The lowest BCUT2D eigenvalue weighted by Gasteiger charge is -2.33. The molecule has 0 spiro atoms. The minimum atomic E-state index is -0.450. The fourth-order valence-corrected chi connectivity index (χ4v) is 3.09. The summed E-state index contributed by atoms with van der Waals surface area (Å²) in [6.07, 6.45) is 2.68. The minimum Gasteiger partial charge on any atom is -0.465 e. The topological polar surface area (TPSA) is 97.6 Å². The van der Waals surface area contributed by atoms with Crippen LogP contribution in [0.5, 0.6) is 0 Å². The van der Waals surface area contributed by atoms with Gasteiger partial charge in [0.1, 0.15) is 6.04 Å². The second-order valence-corrected chi connectivity index (χ2v) is 6.85. The van der Waals surface area contributed by atoms with Crippen LogP contribution >= 0.6 is 0 Å². The van der Waals surface area contributed by atoms with E-state index in [4.69, 9.17) is 9.26 Å². The number of urea groups is 1. The maximum absolute atomic E-state index is 12.9. The van der Waals surface area contributed by atoms with Crippen LogP contribution in [-0.2, 0) is 4.74 Å². The lowest BCUT2D eigenvalue weighted by molar-refractivity contribution is 0.0600. The largest absolute Gasteiger partial charge is 0.465 e. The van der Waals surface area contributed by atoms with Gasteiger partial charge in [0.25, 0.3) is 0 Å². The Hall–Kier alpha value is -2.90. The summed E-state index contributed by atoms with van der Waals surface area (Å²) in [5.74, 6) is 0.821. The molecule has 1 aromatic carbocycles. The van der Waals surface area contributed by atoms with Gasteiger partial charge in [-0.1, -0.05) is 25.1 Å². The number of benzene rings is 1. The fourth-order valence-electron chi connectivity index (χ4n) is 3.09. The number of nitrogens with zero attached hydrogens (tertiary/aromatic N) is 3. The Morgan fingerprint density at radius 3 is 2.85 bits per heavy atom. The zero-order valence-electron chi connectivity index (χ0n) is 15.8. The molecule has 0 radical (unpaired) electrons. The first-order valence-electron chi connectivity index (χ1n) is 9.09. The number of hydrogen-bond acceptors (Lipinski definition) is 6. The van der Waals surface area contributed by atoms with Crippen molar-refractivity contribution in [3.05, 3.63) is 41.5 Å². The number of esters is 1. The van der Waals surface area contributed by atoms with Crippen molar-refractivity contribution in [2.45, 2.75) is 45.1 Å². The lowest BCUT2D eigenvalue weighted by atomic mass is 10.0. The summed E-state index contributed by atoms with van der Waals surface area (Å²) in [6, 6.07) is 6.15. The SMILES string of the molecule is COC(=O)c1cccc(NC(=O)N2CCCCC2c2nc(C(C)C)no2)c1. The number of methoxy groups -OCH3 is 1. The summed E-state index contributed by atoms with van der Waals surface area (Å²) >= 11 is 0. The fraction of sp³-hybridized carbons (Fsp3) is 0.474. The third-order valence-corrected chi connectivity index (χ3v) is 4.56. The molecule has 1 N–H and O–H groups in total. The molecule has 8 heteroatoms. The van der Waals surface area contributed by atoms with Gasteiger partial charge >= 0.3 is 12.0 Å².